The van der Waals surface area contributed by atoms with Gasteiger partial charge in [0.05, 0.1) is 13.7 Å². The van der Waals surface area contributed by atoms with Crippen molar-refractivity contribution in [1.29, 1.82) is 0 Å². The number of carbonyl (C=O) groups is 1. The van der Waals surface area contributed by atoms with Crippen molar-refractivity contribution in [2.75, 3.05) is 7.11 Å². The van der Waals surface area contributed by atoms with Crippen LogP contribution in [0, 0.1) is 0 Å². The summed E-state index contributed by atoms with van der Waals surface area (Å²) in [5, 5.41) is 10.9. The molecule has 1 N–H and O–H groups in total. The zero-order valence-electron chi connectivity index (χ0n) is 10.6. The Morgan fingerprint density at radius 2 is 2.00 bits per heavy atom. The molecule has 0 amide bonds. The van der Waals surface area contributed by atoms with Gasteiger partial charge in [-0.25, -0.2) is 0 Å². The maximum absolute atomic E-state index is 11.4. The quantitative estimate of drug-likeness (QED) is 0.842. The van der Waals surface area contributed by atoms with Gasteiger partial charge in [0.1, 0.15) is 0 Å². The second-order valence-corrected chi connectivity index (χ2v) is 4.12. The second-order valence-electron chi connectivity index (χ2n) is 4.12. The molecule has 1 aliphatic rings. The SMILES string of the molecule is COC1=CC(=CN(O)Cc2ccccc2)C=CC1=O. The van der Waals surface area contributed by atoms with Crippen LogP contribution in [0.5, 0.6) is 0 Å². The Morgan fingerprint density at radius 3 is 2.68 bits per heavy atom. The van der Waals surface area contributed by atoms with Crippen molar-refractivity contribution in [3.05, 3.63) is 71.7 Å². The lowest BCUT2D eigenvalue weighted by Crippen LogP contribution is -2.13. The number of ether oxygens (including phenoxy) is 1. The lowest BCUT2D eigenvalue weighted by Gasteiger charge is -2.14. The lowest BCUT2D eigenvalue weighted by molar-refractivity contribution is -0.114. The van der Waals surface area contributed by atoms with Crippen molar-refractivity contribution in [1.82, 2.24) is 5.06 Å². The predicted octanol–water partition coefficient (Wildman–Crippen LogP) is 2.43. The van der Waals surface area contributed by atoms with Crippen molar-refractivity contribution >= 4 is 5.78 Å². The number of nitrogens with zero attached hydrogens (tertiary/aromatic N) is 1. The van der Waals surface area contributed by atoms with Crippen LogP contribution in [0.4, 0.5) is 0 Å². The zero-order valence-corrected chi connectivity index (χ0v) is 10.6. The Bertz CT molecular complexity index is 544. The molecule has 4 heteroatoms. The smallest absolute Gasteiger partial charge is 0.220 e. The first kappa shape index (κ1) is 13.1. The summed E-state index contributed by atoms with van der Waals surface area (Å²) in [5.41, 5.74) is 1.70. The summed E-state index contributed by atoms with van der Waals surface area (Å²) in [4.78, 5) is 11.4. The number of hydrogen-bond donors (Lipinski definition) is 1. The number of carbonyl (C=O) groups excluding carboxylic acids is 1. The van der Waals surface area contributed by atoms with Gasteiger partial charge >= 0.3 is 0 Å². The van der Waals surface area contributed by atoms with Crippen molar-refractivity contribution in [2.24, 2.45) is 0 Å². The van der Waals surface area contributed by atoms with E-state index in [9.17, 15) is 10.0 Å². The third kappa shape index (κ3) is 3.56. The summed E-state index contributed by atoms with van der Waals surface area (Å²) < 4.78 is 4.95. The number of ketones is 1. The van der Waals surface area contributed by atoms with Gasteiger partial charge < -0.3 is 4.74 Å². The van der Waals surface area contributed by atoms with Crippen molar-refractivity contribution in [2.45, 2.75) is 6.54 Å². The summed E-state index contributed by atoms with van der Waals surface area (Å²) >= 11 is 0. The molecule has 0 aliphatic heterocycles. The van der Waals surface area contributed by atoms with Crippen LogP contribution in [0.2, 0.25) is 0 Å². The van der Waals surface area contributed by atoms with E-state index in [1.807, 2.05) is 30.3 Å². The fraction of sp³-hybridized carbons (Fsp3) is 0.133. The highest BCUT2D eigenvalue weighted by atomic mass is 16.5. The Morgan fingerprint density at radius 1 is 1.26 bits per heavy atom. The molecular formula is C15H15NO3. The predicted molar refractivity (Wildman–Crippen MR) is 71.1 cm³/mol. The molecule has 0 saturated carbocycles. The van der Waals surface area contributed by atoms with Crippen LogP contribution in [0.25, 0.3) is 0 Å². The molecule has 0 bridgehead atoms. The molecule has 2 rings (SSSR count). The molecule has 1 aliphatic carbocycles. The molecule has 19 heavy (non-hydrogen) atoms. The Hall–Kier alpha value is -2.33. The maximum atomic E-state index is 11.4. The van der Waals surface area contributed by atoms with Crippen molar-refractivity contribution < 1.29 is 14.7 Å². The molecule has 0 spiro atoms. The van der Waals surface area contributed by atoms with Crippen LogP contribution >= 0.6 is 0 Å². The van der Waals surface area contributed by atoms with E-state index in [1.165, 1.54) is 13.2 Å². The molecule has 0 radical (unpaired) electrons. The van der Waals surface area contributed by atoms with E-state index in [0.717, 1.165) is 10.6 Å². The van der Waals surface area contributed by atoms with Crippen LogP contribution < -0.4 is 0 Å². The Kier molecular flexibility index (Phi) is 4.15. The topological polar surface area (TPSA) is 49.8 Å². The summed E-state index contributed by atoms with van der Waals surface area (Å²) in [6.45, 7) is 0.377. The van der Waals surface area contributed by atoms with E-state index in [0.29, 0.717) is 12.1 Å². The molecule has 0 saturated heterocycles. The van der Waals surface area contributed by atoms with Crippen molar-refractivity contribution in [3.63, 3.8) is 0 Å². The fourth-order valence-electron chi connectivity index (χ4n) is 1.75. The van der Waals surface area contributed by atoms with E-state index in [2.05, 4.69) is 0 Å². The van der Waals surface area contributed by atoms with E-state index in [-0.39, 0.29) is 11.5 Å². The fourth-order valence-corrected chi connectivity index (χ4v) is 1.75. The molecular weight excluding hydrogens is 242 g/mol. The van der Waals surface area contributed by atoms with Gasteiger partial charge in [-0.15, -0.1) is 0 Å². The highest BCUT2D eigenvalue weighted by Gasteiger charge is 2.11. The largest absolute Gasteiger partial charge is 0.493 e. The van der Waals surface area contributed by atoms with E-state index in [4.69, 9.17) is 4.74 Å². The summed E-state index contributed by atoms with van der Waals surface area (Å²) in [6, 6.07) is 9.61. The first-order chi connectivity index (χ1) is 9.19. The van der Waals surface area contributed by atoms with Gasteiger partial charge in [0.15, 0.2) is 5.76 Å². The lowest BCUT2D eigenvalue weighted by atomic mass is 10.1. The average Bonchev–Trinajstić information content (AvgIpc) is 2.42. The van der Waals surface area contributed by atoms with Gasteiger partial charge in [0.25, 0.3) is 0 Å². The number of hydroxylamine groups is 2. The van der Waals surface area contributed by atoms with Gasteiger partial charge in [-0.1, -0.05) is 30.3 Å². The van der Waals surface area contributed by atoms with Crippen LogP contribution in [-0.4, -0.2) is 23.2 Å². The number of rotatable bonds is 4. The molecule has 98 valence electrons. The van der Waals surface area contributed by atoms with Gasteiger partial charge in [0.2, 0.25) is 5.78 Å². The number of methoxy groups -OCH3 is 1. The molecule has 1 aromatic carbocycles. The highest BCUT2D eigenvalue weighted by molar-refractivity contribution is 6.04. The Balaban J connectivity index is 2.07. The van der Waals surface area contributed by atoms with Gasteiger partial charge in [-0.3, -0.25) is 15.1 Å². The Labute approximate surface area is 111 Å². The van der Waals surface area contributed by atoms with Crippen LogP contribution in [0.15, 0.2) is 66.1 Å². The molecule has 0 fully saturated rings. The highest BCUT2D eigenvalue weighted by Crippen LogP contribution is 2.14. The minimum absolute atomic E-state index is 0.174. The standard InChI is InChI=1S/C15H15NO3/c1-19-15-9-13(7-8-14(15)17)11-16(18)10-12-5-3-2-4-6-12/h2-9,11,18H,10H2,1H3. The third-order valence-corrected chi connectivity index (χ3v) is 2.67. The molecule has 4 nitrogen and oxygen atoms in total. The molecule has 0 atom stereocenters. The average molecular weight is 257 g/mol. The van der Waals surface area contributed by atoms with Gasteiger partial charge in [-0.2, -0.15) is 0 Å². The van der Waals surface area contributed by atoms with Crippen LogP contribution in [0.1, 0.15) is 5.56 Å². The van der Waals surface area contributed by atoms with E-state index in [1.54, 1.807) is 18.4 Å². The normalized spacial score (nSPS) is 16.4. The summed E-state index contributed by atoms with van der Waals surface area (Å²) in [7, 11) is 1.45. The maximum Gasteiger partial charge on any atom is 0.220 e. The summed E-state index contributed by atoms with van der Waals surface area (Å²) in [5.74, 6) is 0.0917. The van der Waals surface area contributed by atoms with Crippen molar-refractivity contribution in [3.8, 4) is 0 Å². The number of benzene rings is 1. The molecule has 0 heterocycles. The second kappa shape index (κ2) is 6.02. The minimum Gasteiger partial charge on any atom is -0.493 e. The molecule has 0 aromatic heterocycles. The van der Waals surface area contributed by atoms with E-state index < -0.39 is 0 Å². The molecule has 1 aromatic rings. The monoisotopic (exact) mass is 257 g/mol. The van der Waals surface area contributed by atoms with E-state index >= 15 is 0 Å². The summed E-state index contributed by atoms with van der Waals surface area (Å²) in [6.07, 6.45) is 6.20. The third-order valence-electron chi connectivity index (χ3n) is 2.67. The van der Waals surface area contributed by atoms with Crippen LogP contribution in [-0.2, 0) is 16.1 Å². The first-order valence-electron chi connectivity index (χ1n) is 5.88. The van der Waals surface area contributed by atoms with Gasteiger partial charge in [0, 0.05) is 6.20 Å². The minimum atomic E-state index is -0.174. The van der Waals surface area contributed by atoms with Gasteiger partial charge in [-0.05, 0) is 29.4 Å². The number of hydrogen-bond acceptors (Lipinski definition) is 4. The molecule has 0 unspecified atom stereocenters. The first-order valence-corrected chi connectivity index (χ1v) is 5.88. The zero-order chi connectivity index (χ0) is 13.7. The number of allylic oxidation sites excluding steroid dienone is 4. The van der Waals surface area contributed by atoms with Crippen LogP contribution in [0.3, 0.4) is 0 Å².